The maximum absolute atomic E-state index is 12.8. The van der Waals surface area contributed by atoms with Crippen LogP contribution in [-0.4, -0.2) is 27.6 Å². The molecule has 1 aromatic heterocycles. The van der Waals surface area contributed by atoms with Crippen LogP contribution < -0.4 is 0 Å². The third-order valence-electron chi connectivity index (χ3n) is 6.64. The lowest BCUT2D eigenvalue weighted by Gasteiger charge is -2.13. The molecule has 1 saturated carbocycles. The van der Waals surface area contributed by atoms with E-state index in [-0.39, 0.29) is 35.5 Å². The van der Waals surface area contributed by atoms with Crippen molar-refractivity contribution in [2.75, 3.05) is 0 Å². The van der Waals surface area contributed by atoms with Crippen LogP contribution in [0.5, 0.6) is 0 Å². The van der Waals surface area contributed by atoms with Crippen LogP contribution in [0.4, 0.5) is 0 Å². The first-order chi connectivity index (χ1) is 13.9. The molecule has 4 atom stereocenters. The van der Waals surface area contributed by atoms with Gasteiger partial charge in [-0.15, -0.1) is 0 Å². The number of nitrogens with zero attached hydrogens (tertiary/aromatic N) is 3. The largest absolute Gasteiger partial charge is 0.318 e. The highest BCUT2D eigenvalue weighted by Crippen LogP contribution is 2.52. The molecule has 0 N–H and O–H groups in total. The molecule has 5 nitrogen and oxygen atoms in total. The first-order valence-electron chi connectivity index (χ1n) is 9.92. The number of fused-ring (bicyclic) bond motifs is 5. The Balaban J connectivity index is 1.44. The van der Waals surface area contributed by atoms with Crippen molar-refractivity contribution >= 4 is 34.0 Å². The second-order valence-corrected chi connectivity index (χ2v) is 9.18. The highest BCUT2D eigenvalue weighted by atomic mass is 79.9. The second-order valence-electron chi connectivity index (χ2n) is 8.33. The maximum atomic E-state index is 12.8. The minimum Gasteiger partial charge on any atom is -0.318 e. The zero-order valence-corrected chi connectivity index (χ0v) is 18.2. The lowest BCUT2D eigenvalue weighted by molar-refractivity contribution is -0.140. The van der Waals surface area contributed by atoms with Crippen molar-refractivity contribution in [3.63, 3.8) is 0 Å². The van der Waals surface area contributed by atoms with E-state index in [4.69, 9.17) is 0 Å². The van der Waals surface area contributed by atoms with Crippen LogP contribution in [0.15, 0.2) is 46.0 Å². The van der Waals surface area contributed by atoms with Gasteiger partial charge >= 0.3 is 0 Å². The molecule has 2 heterocycles. The van der Waals surface area contributed by atoms with Crippen molar-refractivity contribution < 1.29 is 9.59 Å². The lowest BCUT2D eigenvalue weighted by atomic mass is 9.85. The Bertz CT molecular complexity index is 1080. The average molecular weight is 452 g/mol. The Kier molecular flexibility index (Phi) is 4.17. The number of carbonyl (C=O) groups excluding carboxylic acids is 2. The molecule has 29 heavy (non-hydrogen) atoms. The number of hydrazone groups is 1. The van der Waals surface area contributed by atoms with Gasteiger partial charge in [0.05, 0.1) is 18.1 Å². The number of benzene rings is 1. The number of halogens is 1. The normalized spacial score (nSPS) is 27.7. The summed E-state index contributed by atoms with van der Waals surface area (Å²) in [4.78, 5) is 25.6. The van der Waals surface area contributed by atoms with Gasteiger partial charge in [0.1, 0.15) is 0 Å². The van der Waals surface area contributed by atoms with E-state index in [1.54, 1.807) is 6.21 Å². The Morgan fingerprint density at radius 3 is 2.31 bits per heavy atom. The zero-order chi connectivity index (χ0) is 20.4. The lowest BCUT2D eigenvalue weighted by Crippen LogP contribution is -2.28. The van der Waals surface area contributed by atoms with Gasteiger partial charge in [0.15, 0.2) is 0 Å². The van der Waals surface area contributed by atoms with E-state index in [0.717, 1.165) is 38.5 Å². The van der Waals surface area contributed by atoms with Gasteiger partial charge in [0.25, 0.3) is 11.8 Å². The number of imide groups is 1. The summed E-state index contributed by atoms with van der Waals surface area (Å²) in [5, 5.41) is 5.44. The number of hydrogen-bond acceptors (Lipinski definition) is 3. The predicted molar refractivity (Wildman–Crippen MR) is 115 cm³/mol. The van der Waals surface area contributed by atoms with E-state index in [9.17, 15) is 9.59 Å². The minimum atomic E-state index is -0.216. The van der Waals surface area contributed by atoms with Crippen LogP contribution >= 0.6 is 15.9 Å². The molecule has 3 aliphatic rings. The molecule has 1 saturated heterocycles. The van der Waals surface area contributed by atoms with E-state index < -0.39 is 0 Å². The molecule has 2 aromatic rings. The van der Waals surface area contributed by atoms with E-state index >= 15 is 0 Å². The van der Waals surface area contributed by atoms with Crippen LogP contribution in [0.2, 0.25) is 0 Å². The fourth-order valence-corrected chi connectivity index (χ4v) is 5.52. The summed E-state index contributed by atoms with van der Waals surface area (Å²) in [5.74, 6) is -0.328. The monoisotopic (exact) mass is 451 g/mol. The molecule has 1 aliphatic heterocycles. The van der Waals surface area contributed by atoms with Gasteiger partial charge in [0.2, 0.25) is 0 Å². The molecule has 2 bridgehead atoms. The number of amides is 2. The van der Waals surface area contributed by atoms with Crippen molar-refractivity contribution in [1.82, 2.24) is 9.58 Å². The van der Waals surface area contributed by atoms with Crippen LogP contribution in [0.3, 0.4) is 0 Å². The Hall–Kier alpha value is -2.47. The average Bonchev–Trinajstić information content (AvgIpc) is 3.41. The SMILES string of the molecule is Cc1ccc(-n2c(C)cc(/C=N\N3C(=O)[C@H]4[C@H](C3=O)[C@H]3C=C[C@H]4C3)c2C)cc1Br. The van der Waals surface area contributed by atoms with Gasteiger partial charge < -0.3 is 4.57 Å². The molecule has 6 heteroatoms. The summed E-state index contributed by atoms with van der Waals surface area (Å²) in [6.45, 7) is 6.12. The number of hydrogen-bond donors (Lipinski definition) is 0. The standard InChI is InChI=1S/C23H22BrN3O2/c1-12-4-7-18(10-19(12)24)26-13(2)8-17(14(26)3)11-25-27-22(28)20-15-5-6-16(9-15)21(20)23(27)29/h4-8,10-11,15-16,20-21H,9H2,1-3H3/b25-11-/t15-,16-,20+,21+/m0/s1. The van der Waals surface area contributed by atoms with Crippen LogP contribution in [0.1, 0.15) is 28.9 Å². The summed E-state index contributed by atoms with van der Waals surface area (Å²) < 4.78 is 3.21. The van der Waals surface area contributed by atoms with Gasteiger partial charge in [-0.05, 0) is 62.8 Å². The van der Waals surface area contributed by atoms with E-state index in [1.165, 1.54) is 5.56 Å². The number of rotatable bonds is 3. The van der Waals surface area contributed by atoms with E-state index in [0.29, 0.717) is 0 Å². The van der Waals surface area contributed by atoms with Crippen LogP contribution in [0, 0.1) is 44.4 Å². The van der Waals surface area contributed by atoms with Crippen molar-refractivity contribution in [1.29, 1.82) is 0 Å². The molecule has 0 spiro atoms. The molecular formula is C23H22BrN3O2. The van der Waals surface area contributed by atoms with Gasteiger partial charge in [-0.3, -0.25) is 9.59 Å². The summed E-state index contributed by atoms with van der Waals surface area (Å²) in [6, 6.07) is 8.28. The van der Waals surface area contributed by atoms with Crippen LogP contribution in [0.25, 0.3) is 5.69 Å². The highest BCUT2D eigenvalue weighted by Gasteiger charge is 2.59. The van der Waals surface area contributed by atoms with Gasteiger partial charge in [-0.25, -0.2) is 0 Å². The van der Waals surface area contributed by atoms with Gasteiger partial charge in [0, 0.05) is 27.1 Å². The molecule has 0 radical (unpaired) electrons. The molecule has 2 fully saturated rings. The number of aromatic nitrogens is 1. The quantitative estimate of drug-likeness (QED) is 0.396. The van der Waals surface area contributed by atoms with Crippen LogP contribution in [-0.2, 0) is 9.59 Å². The van der Waals surface area contributed by atoms with Crippen molar-refractivity contribution in [3.05, 3.63) is 63.4 Å². The third kappa shape index (κ3) is 2.69. The van der Waals surface area contributed by atoms with Crippen molar-refractivity contribution in [2.24, 2.45) is 28.8 Å². The molecule has 5 rings (SSSR count). The maximum Gasteiger partial charge on any atom is 0.254 e. The van der Waals surface area contributed by atoms with Crippen molar-refractivity contribution in [2.45, 2.75) is 27.2 Å². The Labute approximate surface area is 178 Å². The number of carbonyl (C=O) groups is 2. The zero-order valence-electron chi connectivity index (χ0n) is 16.6. The molecule has 2 aliphatic carbocycles. The topological polar surface area (TPSA) is 54.7 Å². The molecule has 1 aromatic carbocycles. The Morgan fingerprint density at radius 2 is 1.69 bits per heavy atom. The smallest absolute Gasteiger partial charge is 0.254 e. The van der Waals surface area contributed by atoms with Gasteiger partial charge in [-0.1, -0.05) is 34.1 Å². The number of allylic oxidation sites excluding steroid dienone is 2. The first kappa shape index (κ1) is 18.6. The summed E-state index contributed by atoms with van der Waals surface area (Å²) >= 11 is 3.60. The fraction of sp³-hybridized carbons (Fsp3) is 0.348. The number of aryl methyl sites for hydroxylation is 2. The van der Waals surface area contributed by atoms with Gasteiger partial charge in [-0.2, -0.15) is 10.1 Å². The minimum absolute atomic E-state index is 0.149. The fourth-order valence-electron chi connectivity index (χ4n) is 5.16. The molecular weight excluding hydrogens is 430 g/mol. The second kappa shape index (κ2) is 6.52. The molecule has 2 amide bonds. The third-order valence-corrected chi connectivity index (χ3v) is 7.50. The molecule has 148 valence electrons. The predicted octanol–water partition coefficient (Wildman–Crippen LogP) is 4.31. The van der Waals surface area contributed by atoms with Crippen molar-refractivity contribution in [3.8, 4) is 5.69 Å². The van der Waals surface area contributed by atoms with E-state index in [1.807, 2.05) is 19.9 Å². The van der Waals surface area contributed by atoms with E-state index in [2.05, 4.69) is 62.9 Å². The highest BCUT2D eigenvalue weighted by molar-refractivity contribution is 9.10. The summed E-state index contributed by atoms with van der Waals surface area (Å²) in [6.07, 6.45) is 6.76. The summed E-state index contributed by atoms with van der Waals surface area (Å²) in [5.41, 5.74) is 5.22. The summed E-state index contributed by atoms with van der Waals surface area (Å²) in [7, 11) is 0. The Morgan fingerprint density at radius 1 is 1.03 bits per heavy atom. The first-order valence-corrected chi connectivity index (χ1v) is 10.7. The molecule has 0 unspecified atom stereocenters.